The third-order valence-corrected chi connectivity index (χ3v) is 5.35. The van der Waals surface area contributed by atoms with E-state index in [1.165, 1.54) is 0 Å². The van der Waals surface area contributed by atoms with Crippen molar-refractivity contribution in [1.29, 1.82) is 0 Å². The number of carbonyl (C=O) groups is 2. The van der Waals surface area contributed by atoms with E-state index in [1.807, 2.05) is 6.07 Å². The summed E-state index contributed by atoms with van der Waals surface area (Å²) in [5, 5.41) is 19.7. The smallest absolute Gasteiger partial charge is 0.335 e. The van der Waals surface area contributed by atoms with Crippen molar-refractivity contribution in [2.24, 2.45) is 5.92 Å². The number of amides is 1. The van der Waals surface area contributed by atoms with Gasteiger partial charge in [0.2, 0.25) is 0 Å². The molecule has 1 unspecified atom stereocenters. The van der Waals surface area contributed by atoms with Gasteiger partial charge >= 0.3 is 5.97 Å². The fourth-order valence-electron chi connectivity index (χ4n) is 3.99. The van der Waals surface area contributed by atoms with Gasteiger partial charge in [-0.25, -0.2) is 4.79 Å². The van der Waals surface area contributed by atoms with Crippen LogP contribution in [-0.4, -0.2) is 45.7 Å². The maximum atomic E-state index is 12.7. The largest absolute Gasteiger partial charge is 0.478 e. The topological polar surface area (TPSA) is 77.8 Å². The van der Waals surface area contributed by atoms with E-state index in [0.717, 1.165) is 37.7 Å². The van der Waals surface area contributed by atoms with E-state index in [9.17, 15) is 14.7 Å². The zero-order valence-corrected chi connectivity index (χ0v) is 13.9. The molecule has 5 heteroatoms. The molecule has 130 valence electrons. The van der Waals surface area contributed by atoms with E-state index in [4.69, 9.17) is 5.11 Å². The summed E-state index contributed by atoms with van der Waals surface area (Å²) in [6.07, 6.45) is 5.75. The highest BCUT2D eigenvalue weighted by Gasteiger charge is 2.41. The molecule has 2 N–H and O–H groups in total. The Morgan fingerprint density at radius 3 is 2.67 bits per heavy atom. The van der Waals surface area contributed by atoms with Crippen LogP contribution in [0.3, 0.4) is 0 Å². The van der Waals surface area contributed by atoms with Gasteiger partial charge in [0.1, 0.15) is 5.60 Å². The Bertz CT molecular complexity index is 622. The van der Waals surface area contributed by atoms with Crippen molar-refractivity contribution >= 4 is 11.9 Å². The monoisotopic (exact) mass is 331 g/mol. The molecule has 0 radical (unpaired) electrons. The summed E-state index contributed by atoms with van der Waals surface area (Å²) in [7, 11) is 0. The zero-order chi connectivity index (χ0) is 17.2. The van der Waals surface area contributed by atoms with Gasteiger partial charge in [-0.05, 0) is 49.3 Å². The molecule has 1 atom stereocenters. The number of carboxylic acids is 1. The Balaban J connectivity index is 1.60. The van der Waals surface area contributed by atoms with Crippen LogP contribution >= 0.6 is 0 Å². The van der Waals surface area contributed by atoms with Gasteiger partial charge in [0, 0.05) is 13.1 Å². The minimum absolute atomic E-state index is 0.107. The van der Waals surface area contributed by atoms with Gasteiger partial charge in [-0.2, -0.15) is 0 Å². The third-order valence-electron chi connectivity index (χ3n) is 5.35. The Morgan fingerprint density at radius 2 is 1.96 bits per heavy atom. The maximum absolute atomic E-state index is 12.7. The number of aliphatic hydroxyl groups is 1. The van der Waals surface area contributed by atoms with Gasteiger partial charge in [0.25, 0.3) is 5.91 Å². The highest BCUT2D eigenvalue weighted by Crippen LogP contribution is 2.32. The van der Waals surface area contributed by atoms with Gasteiger partial charge < -0.3 is 15.1 Å². The molecule has 3 rings (SSSR count). The first-order chi connectivity index (χ1) is 11.5. The van der Waals surface area contributed by atoms with E-state index in [0.29, 0.717) is 37.4 Å². The number of nitrogens with zero attached hydrogens (tertiary/aromatic N) is 1. The minimum atomic E-state index is -1.16. The molecule has 0 bridgehead atoms. The van der Waals surface area contributed by atoms with E-state index >= 15 is 0 Å². The van der Waals surface area contributed by atoms with Crippen LogP contribution in [0.5, 0.6) is 0 Å². The first-order valence-corrected chi connectivity index (χ1v) is 8.82. The van der Waals surface area contributed by atoms with Crippen LogP contribution in [0.15, 0.2) is 24.3 Å². The summed E-state index contributed by atoms with van der Waals surface area (Å²) in [6.45, 7) is 1.34. The average Bonchev–Trinajstić information content (AvgIpc) is 3.03. The summed E-state index contributed by atoms with van der Waals surface area (Å²) < 4.78 is 0. The molecule has 1 heterocycles. The van der Waals surface area contributed by atoms with Crippen LogP contribution in [0.4, 0.5) is 0 Å². The molecule has 2 fully saturated rings. The van der Waals surface area contributed by atoms with Crippen LogP contribution in [-0.2, 0) is 11.2 Å². The van der Waals surface area contributed by atoms with Gasteiger partial charge in [-0.1, -0.05) is 31.4 Å². The molecule has 1 amide bonds. The Hall–Kier alpha value is -1.88. The SMILES string of the molecule is O=C(O)c1cccc(CC2CCN(C(=O)C3(O)CCCCC3)C2)c1. The second-order valence-electron chi connectivity index (χ2n) is 7.21. The number of aromatic carboxylic acids is 1. The molecular formula is C19H25NO4. The third kappa shape index (κ3) is 3.61. The van der Waals surface area contributed by atoms with Gasteiger partial charge in [-0.3, -0.25) is 4.79 Å². The fraction of sp³-hybridized carbons (Fsp3) is 0.579. The molecule has 24 heavy (non-hydrogen) atoms. The molecule has 1 saturated heterocycles. The van der Waals surface area contributed by atoms with Crippen molar-refractivity contribution in [2.45, 2.75) is 50.5 Å². The lowest BCUT2D eigenvalue weighted by Gasteiger charge is -2.34. The number of benzene rings is 1. The first kappa shape index (κ1) is 17.0. The van der Waals surface area contributed by atoms with Crippen LogP contribution in [0.25, 0.3) is 0 Å². The number of carboxylic acid groups (broad SMARTS) is 1. The van der Waals surface area contributed by atoms with Crippen molar-refractivity contribution < 1.29 is 19.8 Å². The maximum Gasteiger partial charge on any atom is 0.335 e. The van der Waals surface area contributed by atoms with Crippen molar-refractivity contribution in [3.8, 4) is 0 Å². The van der Waals surface area contributed by atoms with Crippen LogP contribution < -0.4 is 0 Å². The first-order valence-electron chi connectivity index (χ1n) is 8.82. The number of likely N-dealkylation sites (tertiary alicyclic amines) is 1. The van der Waals surface area contributed by atoms with Gasteiger partial charge in [0.15, 0.2) is 0 Å². The number of rotatable bonds is 4. The molecule has 1 saturated carbocycles. The van der Waals surface area contributed by atoms with Gasteiger partial charge in [-0.15, -0.1) is 0 Å². The summed E-state index contributed by atoms with van der Waals surface area (Å²) >= 11 is 0. The van der Waals surface area contributed by atoms with E-state index < -0.39 is 11.6 Å². The summed E-state index contributed by atoms with van der Waals surface area (Å²) in [6, 6.07) is 7.00. The van der Waals surface area contributed by atoms with Crippen molar-refractivity contribution in [3.05, 3.63) is 35.4 Å². The highest BCUT2D eigenvalue weighted by atomic mass is 16.4. The van der Waals surface area contributed by atoms with Crippen LogP contribution in [0.2, 0.25) is 0 Å². The highest BCUT2D eigenvalue weighted by molar-refractivity contribution is 5.87. The normalized spacial score (nSPS) is 23.2. The molecule has 1 aromatic rings. The van der Waals surface area contributed by atoms with Crippen LogP contribution in [0, 0.1) is 5.92 Å². The van der Waals surface area contributed by atoms with E-state index in [-0.39, 0.29) is 5.91 Å². The molecule has 0 spiro atoms. The van der Waals surface area contributed by atoms with Crippen molar-refractivity contribution in [1.82, 2.24) is 4.90 Å². The Labute approximate surface area is 142 Å². The number of carbonyl (C=O) groups excluding carboxylic acids is 1. The molecule has 1 aromatic carbocycles. The second-order valence-corrected chi connectivity index (χ2v) is 7.21. The second kappa shape index (κ2) is 6.93. The number of hydrogen-bond donors (Lipinski definition) is 2. The Kier molecular flexibility index (Phi) is 4.90. The minimum Gasteiger partial charge on any atom is -0.478 e. The molecule has 2 aliphatic rings. The molecular weight excluding hydrogens is 306 g/mol. The Morgan fingerprint density at radius 1 is 1.21 bits per heavy atom. The number of hydrogen-bond acceptors (Lipinski definition) is 3. The van der Waals surface area contributed by atoms with E-state index in [1.54, 1.807) is 23.1 Å². The lowest BCUT2D eigenvalue weighted by atomic mass is 9.84. The predicted octanol–water partition coefficient (Wildman–Crippen LogP) is 2.47. The van der Waals surface area contributed by atoms with Crippen LogP contribution in [0.1, 0.15) is 54.4 Å². The zero-order valence-electron chi connectivity index (χ0n) is 13.9. The van der Waals surface area contributed by atoms with Crippen molar-refractivity contribution in [2.75, 3.05) is 13.1 Å². The standard InChI is InChI=1S/C19H25NO4/c21-17(22)16-6-4-5-14(12-16)11-15-7-10-20(13-15)18(23)19(24)8-2-1-3-9-19/h4-6,12,15,24H,1-3,7-11,13H2,(H,21,22). The average molecular weight is 331 g/mol. The lowest BCUT2D eigenvalue weighted by Crippen LogP contribution is -2.49. The molecule has 1 aliphatic heterocycles. The lowest BCUT2D eigenvalue weighted by molar-refractivity contribution is -0.153. The quantitative estimate of drug-likeness (QED) is 0.888. The molecule has 5 nitrogen and oxygen atoms in total. The fourth-order valence-corrected chi connectivity index (χ4v) is 3.99. The molecule has 1 aliphatic carbocycles. The summed E-state index contributed by atoms with van der Waals surface area (Å²) in [5.41, 5.74) is 0.136. The van der Waals surface area contributed by atoms with Gasteiger partial charge in [0.05, 0.1) is 5.56 Å². The predicted molar refractivity (Wildman–Crippen MR) is 89.8 cm³/mol. The molecule has 0 aromatic heterocycles. The summed E-state index contributed by atoms with van der Waals surface area (Å²) in [5.74, 6) is -0.700. The van der Waals surface area contributed by atoms with Crippen molar-refractivity contribution in [3.63, 3.8) is 0 Å². The summed E-state index contributed by atoms with van der Waals surface area (Å²) in [4.78, 5) is 25.5. The van der Waals surface area contributed by atoms with E-state index in [2.05, 4.69) is 0 Å².